The Labute approximate surface area is 151 Å². The summed E-state index contributed by atoms with van der Waals surface area (Å²) in [5.41, 5.74) is 1.62. The highest BCUT2D eigenvalue weighted by molar-refractivity contribution is 6.08. The van der Waals surface area contributed by atoms with Gasteiger partial charge in [0.2, 0.25) is 0 Å². The number of carbonyl (C=O) groups is 2. The fourth-order valence-corrected chi connectivity index (χ4v) is 3.88. The van der Waals surface area contributed by atoms with Crippen LogP contribution in [0.3, 0.4) is 0 Å². The fourth-order valence-electron chi connectivity index (χ4n) is 3.88. The maximum absolute atomic E-state index is 13.0. The number of carbonyl (C=O) groups excluding carboxylic acids is 1. The molecule has 0 spiro atoms. The Balaban J connectivity index is 1.62. The van der Waals surface area contributed by atoms with E-state index in [4.69, 9.17) is 9.52 Å². The SMILES string of the molecule is Cc1c(C(=O)N2CCC(CC(=O)O)CC2)oc2c1ccc1ccccc12. The second-order valence-corrected chi connectivity index (χ2v) is 7.05. The van der Waals surface area contributed by atoms with Gasteiger partial charge in [-0.15, -0.1) is 0 Å². The molecule has 1 saturated heterocycles. The number of aliphatic carboxylic acids is 1. The number of fused-ring (bicyclic) bond motifs is 3. The largest absolute Gasteiger partial charge is 0.481 e. The molecule has 1 aromatic heterocycles. The second kappa shape index (κ2) is 6.48. The van der Waals surface area contributed by atoms with E-state index in [2.05, 4.69) is 0 Å². The molecule has 0 unspecified atom stereocenters. The molecule has 26 heavy (non-hydrogen) atoms. The summed E-state index contributed by atoms with van der Waals surface area (Å²) in [7, 11) is 0. The van der Waals surface area contributed by atoms with E-state index in [1.54, 1.807) is 4.90 Å². The lowest BCUT2D eigenvalue weighted by atomic mass is 9.93. The average molecular weight is 351 g/mol. The van der Waals surface area contributed by atoms with Crippen LogP contribution in [-0.2, 0) is 4.79 Å². The van der Waals surface area contributed by atoms with Gasteiger partial charge in [-0.3, -0.25) is 9.59 Å². The molecule has 1 aliphatic rings. The minimum absolute atomic E-state index is 0.100. The minimum atomic E-state index is -0.769. The number of rotatable bonds is 3. The van der Waals surface area contributed by atoms with Gasteiger partial charge < -0.3 is 14.4 Å². The number of nitrogens with zero attached hydrogens (tertiary/aromatic N) is 1. The number of benzene rings is 2. The molecule has 1 N–H and O–H groups in total. The summed E-state index contributed by atoms with van der Waals surface area (Å²) in [6, 6.07) is 12.0. The van der Waals surface area contributed by atoms with Crippen molar-refractivity contribution in [3.8, 4) is 0 Å². The summed E-state index contributed by atoms with van der Waals surface area (Å²) in [6.45, 7) is 3.08. The maximum atomic E-state index is 13.0. The molecule has 1 aliphatic heterocycles. The molecule has 0 aliphatic carbocycles. The summed E-state index contributed by atoms with van der Waals surface area (Å²) in [4.78, 5) is 25.6. The number of aryl methyl sites for hydroxylation is 1. The molecule has 2 heterocycles. The molecule has 5 heteroatoms. The van der Waals surface area contributed by atoms with Gasteiger partial charge in [0.05, 0.1) is 0 Å². The normalized spacial score (nSPS) is 15.7. The molecule has 0 atom stereocenters. The van der Waals surface area contributed by atoms with Crippen molar-refractivity contribution in [1.82, 2.24) is 4.90 Å². The van der Waals surface area contributed by atoms with Crippen LogP contribution in [0.5, 0.6) is 0 Å². The van der Waals surface area contributed by atoms with Crippen LogP contribution in [0.25, 0.3) is 21.7 Å². The van der Waals surface area contributed by atoms with E-state index in [1.807, 2.05) is 43.3 Å². The number of amides is 1. The lowest BCUT2D eigenvalue weighted by molar-refractivity contribution is -0.138. The summed E-state index contributed by atoms with van der Waals surface area (Å²) < 4.78 is 6.03. The van der Waals surface area contributed by atoms with Gasteiger partial charge in [0.25, 0.3) is 5.91 Å². The molecule has 1 fully saturated rings. The van der Waals surface area contributed by atoms with Crippen molar-refractivity contribution in [1.29, 1.82) is 0 Å². The number of piperidine rings is 1. The first-order valence-electron chi connectivity index (χ1n) is 8.96. The summed E-state index contributed by atoms with van der Waals surface area (Å²) >= 11 is 0. The summed E-state index contributed by atoms with van der Waals surface area (Å²) in [5.74, 6) is -0.323. The fraction of sp³-hybridized carbons (Fsp3) is 0.333. The van der Waals surface area contributed by atoms with Crippen molar-refractivity contribution in [2.24, 2.45) is 5.92 Å². The van der Waals surface area contributed by atoms with Crippen LogP contribution in [0.2, 0.25) is 0 Å². The topological polar surface area (TPSA) is 70.8 Å². The summed E-state index contributed by atoms with van der Waals surface area (Å²) in [6.07, 6.45) is 1.62. The molecule has 0 radical (unpaired) electrons. The lowest BCUT2D eigenvalue weighted by Crippen LogP contribution is -2.39. The van der Waals surface area contributed by atoms with Crippen LogP contribution >= 0.6 is 0 Å². The predicted molar refractivity (Wildman–Crippen MR) is 99.3 cm³/mol. The molecule has 0 saturated carbocycles. The molecule has 2 aromatic carbocycles. The van der Waals surface area contributed by atoms with Crippen LogP contribution in [0, 0.1) is 12.8 Å². The Kier molecular flexibility index (Phi) is 4.15. The van der Waals surface area contributed by atoms with E-state index in [-0.39, 0.29) is 18.2 Å². The van der Waals surface area contributed by atoms with Gasteiger partial charge in [0.15, 0.2) is 5.76 Å². The van der Waals surface area contributed by atoms with Crippen molar-refractivity contribution in [2.45, 2.75) is 26.2 Å². The van der Waals surface area contributed by atoms with Gasteiger partial charge in [-0.2, -0.15) is 0 Å². The van der Waals surface area contributed by atoms with Gasteiger partial charge in [0.1, 0.15) is 5.58 Å². The zero-order chi connectivity index (χ0) is 18.3. The Hall–Kier alpha value is -2.82. The standard InChI is InChI=1S/C21H21NO4/c1-13-16-7-6-15-4-2-3-5-17(15)20(16)26-19(13)21(25)22-10-8-14(9-11-22)12-18(23)24/h2-7,14H,8-12H2,1H3,(H,23,24). The zero-order valence-electron chi connectivity index (χ0n) is 14.7. The van der Waals surface area contributed by atoms with Crippen molar-refractivity contribution in [3.05, 3.63) is 47.7 Å². The molecule has 3 aromatic rings. The number of furan rings is 1. The number of carboxylic acids is 1. The third kappa shape index (κ3) is 2.83. The van der Waals surface area contributed by atoms with Gasteiger partial charge in [0, 0.05) is 35.8 Å². The van der Waals surface area contributed by atoms with E-state index < -0.39 is 5.97 Å². The first kappa shape index (κ1) is 16.6. The van der Waals surface area contributed by atoms with Crippen LogP contribution in [0.1, 0.15) is 35.4 Å². The highest BCUT2D eigenvalue weighted by atomic mass is 16.4. The molecule has 134 valence electrons. The van der Waals surface area contributed by atoms with E-state index in [0.717, 1.165) is 40.1 Å². The van der Waals surface area contributed by atoms with Crippen LogP contribution in [0.15, 0.2) is 40.8 Å². The van der Waals surface area contributed by atoms with Gasteiger partial charge in [-0.25, -0.2) is 0 Å². The number of carboxylic acid groups (broad SMARTS) is 1. The highest BCUT2D eigenvalue weighted by Crippen LogP contribution is 2.33. The van der Waals surface area contributed by atoms with Crippen molar-refractivity contribution >= 4 is 33.6 Å². The molecule has 5 nitrogen and oxygen atoms in total. The number of hydrogen-bond acceptors (Lipinski definition) is 3. The molecule has 4 rings (SSSR count). The number of hydrogen-bond donors (Lipinski definition) is 1. The minimum Gasteiger partial charge on any atom is -0.481 e. The van der Waals surface area contributed by atoms with Crippen LogP contribution in [0.4, 0.5) is 0 Å². The molecule has 1 amide bonds. The Bertz CT molecular complexity index is 996. The first-order valence-corrected chi connectivity index (χ1v) is 8.96. The first-order chi connectivity index (χ1) is 12.5. The van der Waals surface area contributed by atoms with Gasteiger partial charge in [-0.1, -0.05) is 36.4 Å². The molecule has 0 bridgehead atoms. The predicted octanol–water partition coefficient (Wildman–Crippen LogP) is 4.22. The zero-order valence-corrected chi connectivity index (χ0v) is 14.7. The average Bonchev–Trinajstić information content (AvgIpc) is 2.98. The maximum Gasteiger partial charge on any atom is 0.303 e. The van der Waals surface area contributed by atoms with Crippen molar-refractivity contribution in [3.63, 3.8) is 0 Å². The highest BCUT2D eigenvalue weighted by Gasteiger charge is 2.28. The van der Waals surface area contributed by atoms with Gasteiger partial charge >= 0.3 is 5.97 Å². The second-order valence-electron chi connectivity index (χ2n) is 7.05. The third-order valence-corrected chi connectivity index (χ3v) is 5.39. The molecular formula is C21H21NO4. The van der Waals surface area contributed by atoms with Gasteiger partial charge in [-0.05, 0) is 31.1 Å². The van der Waals surface area contributed by atoms with Crippen LogP contribution < -0.4 is 0 Å². The van der Waals surface area contributed by atoms with Crippen molar-refractivity contribution < 1.29 is 19.1 Å². The lowest BCUT2D eigenvalue weighted by Gasteiger charge is -2.30. The van der Waals surface area contributed by atoms with Crippen molar-refractivity contribution in [2.75, 3.05) is 13.1 Å². The Morgan fingerprint density at radius 3 is 2.58 bits per heavy atom. The third-order valence-electron chi connectivity index (χ3n) is 5.39. The van der Waals surface area contributed by atoms with E-state index in [9.17, 15) is 9.59 Å². The van der Waals surface area contributed by atoms with Crippen LogP contribution in [-0.4, -0.2) is 35.0 Å². The molecular weight excluding hydrogens is 330 g/mol. The monoisotopic (exact) mass is 351 g/mol. The smallest absolute Gasteiger partial charge is 0.303 e. The summed E-state index contributed by atoms with van der Waals surface area (Å²) in [5, 5.41) is 12.0. The Morgan fingerprint density at radius 2 is 1.85 bits per heavy atom. The van der Waals surface area contributed by atoms with E-state index in [0.29, 0.717) is 18.8 Å². The Morgan fingerprint density at radius 1 is 1.12 bits per heavy atom. The van der Waals surface area contributed by atoms with E-state index >= 15 is 0 Å². The number of likely N-dealkylation sites (tertiary alicyclic amines) is 1. The van der Waals surface area contributed by atoms with E-state index in [1.165, 1.54) is 0 Å². The quantitative estimate of drug-likeness (QED) is 0.767.